The van der Waals surface area contributed by atoms with Gasteiger partial charge in [-0.25, -0.2) is 9.18 Å². The van der Waals surface area contributed by atoms with Crippen LogP contribution < -0.4 is 10.2 Å². The predicted molar refractivity (Wildman–Crippen MR) is 125 cm³/mol. The van der Waals surface area contributed by atoms with E-state index in [0.29, 0.717) is 11.5 Å². The molecule has 0 saturated carbocycles. The molecule has 2 heterocycles. The van der Waals surface area contributed by atoms with Crippen molar-refractivity contribution < 1.29 is 14.0 Å². The Hall–Kier alpha value is -3.15. The van der Waals surface area contributed by atoms with Crippen LogP contribution in [-0.2, 0) is 11.3 Å². The third-order valence-electron chi connectivity index (χ3n) is 6.64. The molecule has 2 aliphatic heterocycles. The highest BCUT2D eigenvalue weighted by Crippen LogP contribution is 2.44. The molecular weight excluding hydrogens is 405 g/mol. The highest BCUT2D eigenvalue weighted by molar-refractivity contribution is 6.14. The van der Waals surface area contributed by atoms with E-state index >= 15 is 0 Å². The summed E-state index contributed by atoms with van der Waals surface area (Å²) in [5.41, 5.74) is 5.03. The topological polar surface area (TPSA) is 52.7 Å². The lowest BCUT2D eigenvalue weighted by atomic mass is 9.79. The zero-order valence-electron chi connectivity index (χ0n) is 19.3. The Bertz CT molecular complexity index is 1120. The highest BCUT2D eigenvalue weighted by atomic mass is 19.1. The molecular formula is C26H30FN3O2. The van der Waals surface area contributed by atoms with Crippen molar-refractivity contribution in [3.8, 4) is 0 Å². The summed E-state index contributed by atoms with van der Waals surface area (Å²) in [5.74, 6) is -0.500. The maximum Gasteiger partial charge on any atom is 0.329 e. The van der Waals surface area contributed by atoms with Crippen LogP contribution >= 0.6 is 0 Å². The van der Waals surface area contributed by atoms with E-state index in [4.69, 9.17) is 0 Å². The van der Waals surface area contributed by atoms with Gasteiger partial charge in [0.2, 0.25) is 0 Å². The lowest BCUT2D eigenvalue weighted by Gasteiger charge is -2.47. The summed E-state index contributed by atoms with van der Waals surface area (Å²) in [5, 5.41) is 2.66. The minimum Gasteiger partial charge on any atom is -0.366 e. The summed E-state index contributed by atoms with van der Waals surface area (Å²) in [6.07, 6.45) is 2.78. The second kappa shape index (κ2) is 8.08. The first-order valence-corrected chi connectivity index (χ1v) is 11.1. The second-order valence-corrected chi connectivity index (χ2v) is 9.40. The van der Waals surface area contributed by atoms with Gasteiger partial charge in [0.1, 0.15) is 11.5 Å². The van der Waals surface area contributed by atoms with Crippen LogP contribution in [0.25, 0.3) is 6.08 Å². The maximum atomic E-state index is 14.0. The number of urea groups is 1. The lowest BCUT2D eigenvalue weighted by molar-refractivity contribution is -0.123. The van der Waals surface area contributed by atoms with Crippen LogP contribution in [0.1, 0.15) is 62.3 Å². The third kappa shape index (κ3) is 3.78. The molecule has 2 aromatic carbocycles. The first-order chi connectivity index (χ1) is 15.1. The number of halogens is 1. The van der Waals surface area contributed by atoms with E-state index in [1.54, 1.807) is 24.3 Å². The van der Waals surface area contributed by atoms with Crippen molar-refractivity contribution in [3.63, 3.8) is 0 Å². The summed E-state index contributed by atoms with van der Waals surface area (Å²) in [6.45, 7) is 11.8. The number of hydrogen-bond acceptors (Lipinski definition) is 3. The molecule has 0 aromatic heterocycles. The largest absolute Gasteiger partial charge is 0.366 e. The minimum absolute atomic E-state index is 0.0796. The lowest BCUT2D eigenvalue weighted by Crippen LogP contribution is -2.48. The van der Waals surface area contributed by atoms with Gasteiger partial charge >= 0.3 is 6.03 Å². The first-order valence-electron chi connectivity index (χ1n) is 11.1. The van der Waals surface area contributed by atoms with Crippen molar-refractivity contribution >= 4 is 23.7 Å². The molecule has 6 heteroatoms. The monoisotopic (exact) mass is 435 g/mol. The van der Waals surface area contributed by atoms with Crippen LogP contribution in [0, 0.1) is 12.7 Å². The normalized spacial score (nSPS) is 21.2. The Balaban J connectivity index is 1.66. The molecule has 168 valence electrons. The summed E-state index contributed by atoms with van der Waals surface area (Å²) in [7, 11) is 0. The van der Waals surface area contributed by atoms with Crippen molar-refractivity contribution in [2.24, 2.45) is 0 Å². The van der Waals surface area contributed by atoms with Gasteiger partial charge in [0.05, 0.1) is 6.54 Å². The van der Waals surface area contributed by atoms with Crippen LogP contribution in [0.2, 0.25) is 0 Å². The van der Waals surface area contributed by atoms with Gasteiger partial charge < -0.3 is 10.2 Å². The molecule has 2 aromatic rings. The number of imide groups is 1. The molecule has 1 saturated heterocycles. The zero-order chi connectivity index (χ0) is 23.2. The number of carbonyl (C=O) groups excluding carboxylic acids is 2. The van der Waals surface area contributed by atoms with Crippen molar-refractivity contribution in [3.05, 3.63) is 70.2 Å². The molecule has 0 radical (unpaired) electrons. The Morgan fingerprint density at radius 3 is 2.62 bits per heavy atom. The van der Waals surface area contributed by atoms with E-state index in [9.17, 15) is 14.0 Å². The fraction of sp³-hybridized carbons (Fsp3) is 0.385. The van der Waals surface area contributed by atoms with Crippen LogP contribution in [0.5, 0.6) is 0 Å². The van der Waals surface area contributed by atoms with E-state index in [0.717, 1.165) is 29.0 Å². The zero-order valence-corrected chi connectivity index (χ0v) is 19.3. The number of hydrogen-bond donors (Lipinski definition) is 1. The number of nitrogens with zero attached hydrogens (tertiary/aromatic N) is 2. The maximum absolute atomic E-state index is 14.0. The third-order valence-corrected chi connectivity index (χ3v) is 6.64. The van der Waals surface area contributed by atoms with Gasteiger partial charge in [0, 0.05) is 23.3 Å². The average molecular weight is 436 g/mol. The van der Waals surface area contributed by atoms with E-state index in [-0.39, 0.29) is 17.8 Å². The molecule has 1 N–H and O–H groups in total. The molecule has 0 bridgehead atoms. The summed E-state index contributed by atoms with van der Waals surface area (Å²) in [6, 6.07) is 9.95. The van der Waals surface area contributed by atoms with Gasteiger partial charge in [-0.15, -0.1) is 0 Å². The highest BCUT2D eigenvalue weighted by Gasteiger charge is 2.37. The van der Waals surface area contributed by atoms with Gasteiger partial charge in [-0.05, 0) is 81.0 Å². The molecule has 1 atom stereocenters. The van der Waals surface area contributed by atoms with Crippen LogP contribution in [-0.4, -0.2) is 28.9 Å². The van der Waals surface area contributed by atoms with Crippen molar-refractivity contribution in [2.45, 2.75) is 59.0 Å². The SMILES string of the molecule is CCN1c2cc(C)c(/C=C3/NC(=O)N(Cc4ccccc4F)C3=O)cc2C(C)CC1(C)C. The van der Waals surface area contributed by atoms with Crippen LogP contribution in [0.15, 0.2) is 42.1 Å². The van der Waals surface area contributed by atoms with Crippen molar-refractivity contribution in [1.29, 1.82) is 0 Å². The Kier molecular flexibility index (Phi) is 5.57. The number of anilines is 1. The van der Waals surface area contributed by atoms with Crippen LogP contribution in [0.3, 0.4) is 0 Å². The van der Waals surface area contributed by atoms with Crippen LogP contribution in [0.4, 0.5) is 14.9 Å². The predicted octanol–water partition coefficient (Wildman–Crippen LogP) is 5.34. The van der Waals surface area contributed by atoms with E-state index < -0.39 is 17.8 Å². The molecule has 0 spiro atoms. The molecule has 32 heavy (non-hydrogen) atoms. The Morgan fingerprint density at radius 1 is 1.22 bits per heavy atom. The Labute approximate surface area is 188 Å². The number of carbonyl (C=O) groups is 2. The average Bonchev–Trinajstić information content (AvgIpc) is 2.98. The quantitative estimate of drug-likeness (QED) is 0.521. The van der Waals surface area contributed by atoms with Gasteiger partial charge in [-0.2, -0.15) is 0 Å². The number of nitrogens with one attached hydrogen (secondary N) is 1. The molecule has 2 aliphatic rings. The Morgan fingerprint density at radius 2 is 1.94 bits per heavy atom. The minimum atomic E-state index is -0.535. The fourth-order valence-corrected chi connectivity index (χ4v) is 5.07. The molecule has 1 unspecified atom stereocenters. The molecule has 1 fully saturated rings. The summed E-state index contributed by atoms with van der Waals surface area (Å²) >= 11 is 0. The summed E-state index contributed by atoms with van der Waals surface area (Å²) in [4.78, 5) is 28.9. The van der Waals surface area contributed by atoms with E-state index in [1.807, 2.05) is 6.92 Å². The molecule has 5 nitrogen and oxygen atoms in total. The standard InChI is InChI=1S/C26H30FN3O2/c1-6-30-23-11-16(2)19(12-20(23)17(3)14-26(30,4)5)13-22-24(31)29(25(32)28-22)15-18-9-7-8-10-21(18)27/h7-13,17H,6,14-15H2,1-5H3,(H,28,32)/b22-13+. The van der Waals surface area contributed by atoms with Gasteiger partial charge in [-0.1, -0.05) is 25.1 Å². The fourth-order valence-electron chi connectivity index (χ4n) is 5.07. The smallest absolute Gasteiger partial charge is 0.329 e. The van der Waals surface area contributed by atoms with Crippen molar-refractivity contribution in [1.82, 2.24) is 10.2 Å². The molecule has 4 rings (SSSR count). The second-order valence-electron chi connectivity index (χ2n) is 9.40. The molecule has 3 amide bonds. The first kappa shape index (κ1) is 22.1. The van der Waals surface area contributed by atoms with E-state index in [1.165, 1.54) is 17.3 Å². The van der Waals surface area contributed by atoms with Gasteiger partial charge in [0.15, 0.2) is 0 Å². The van der Waals surface area contributed by atoms with Gasteiger partial charge in [0.25, 0.3) is 5.91 Å². The number of aryl methyl sites for hydroxylation is 1. The number of rotatable bonds is 4. The number of amides is 3. The van der Waals surface area contributed by atoms with Gasteiger partial charge in [-0.3, -0.25) is 9.69 Å². The van der Waals surface area contributed by atoms with Crippen molar-refractivity contribution in [2.75, 3.05) is 11.4 Å². The van der Waals surface area contributed by atoms with E-state index in [2.05, 4.69) is 50.0 Å². The number of fused-ring (bicyclic) bond motifs is 1. The number of benzene rings is 2. The molecule has 0 aliphatic carbocycles. The summed E-state index contributed by atoms with van der Waals surface area (Å²) < 4.78 is 14.0.